The number of thioether (sulfide) groups is 1. The smallest absolute Gasteiger partial charge is 0.303 e. The second kappa shape index (κ2) is 8.64. The maximum Gasteiger partial charge on any atom is 0.303 e. The maximum atomic E-state index is 13.3. The highest BCUT2D eigenvalue weighted by molar-refractivity contribution is 7.99. The lowest BCUT2D eigenvalue weighted by Gasteiger charge is -2.54. The Hall–Kier alpha value is -1.76. The van der Waals surface area contributed by atoms with Gasteiger partial charge in [0.25, 0.3) is 5.91 Å². The Bertz CT molecular complexity index is 832. The van der Waals surface area contributed by atoms with Gasteiger partial charge in [0.15, 0.2) is 0 Å². The van der Waals surface area contributed by atoms with E-state index in [9.17, 15) is 9.59 Å². The van der Waals surface area contributed by atoms with E-state index in [0.29, 0.717) is 23.4 Å². The van der Waals surface area contributed by atoms with E-state index in [1.54, 1.807) is 11.8 Å². The zero-order chi connectivity index (χ0) is 21.5. The van der Waals surface area contributed by atoms with E-state index in [2.05, 4.69) is 17.1 Å². The third-order valence-electron chi connectivity index (χ3n) is 7.97. The van der Waals surface area contributed by atoms with E-state index in [4.69, 9.17) is 10.1 Å². The number of aromatic nitrogens is 1. The fraction of sp³-hybridized carbons (Fsp3) is 0.708. The third kappa shape index (κ3) is 4.30. The van der Waals surface area contributed by atoms with Crippen LogP contribution in [0.2, 0.25) is 0 Å². The van der Waals surface area contributed by atoms with Gasteiger partial charge in [-0.3, -0.25) is 9.59 Å². The molecule has 2 N–H and O–H groups in total. The highest BCUT2D eigenvalue weighted by Gasteiger charge is 2.48. The van der Waals surface area contributed by atoms with Crippen molar-refractivity contribution in [2.75, 3.05) is 23.7 Å². The quantitative estimate of drug-likeness (QED) is 0.619. The Morgan fingerprint density at radius 3 is 2.52 bits per heavy atom. The summed E-state index contributed by atoms with van der Waals surface area (Å²) < 4.78 is 0. The molecule has 6 nitrogen and oxygen atoms in total. The van der Waals surface area contributed by atoms with E-state index in [-0.39, 0.29) is 18.2 Å². The second-order valence-corrected chi connectivity index (χ2v) is 11.3. The lowest BCUT2D eigenvalue weighted by Crippen LogP contribution is -2.55. The minimum absolute atomic E-state index is 0.0256. The van der Waals surface area contributed by atoms with Crippen LogP contribution in [0.1, 0.15) is 62.2 Å². The van der Waals surface area contributed by atoms with Crippen LogP contribution in [0.15, 0.2) is 17.2 Å². The number of carbonyl (C=O) groups is 2. The molecular formula is C24H33N3O3S. The van der Waals surface area contributed by atoms with Gasteiger partial charge in [-0.15, -0.1) is 11.8 Å². The van der Waals surface area contributed by atoms with Crippen molar-refractivity contribution in [3.05, 3.63) is 17.7 Å². The summed E-state index contributed by atoms with van der Waals surface area (Å²) in [5, 5.41) is 13.3. The van der Waals surface area contributed by atoms with Crippen LogP contribution in [-0.4, -0.2) is 46.9 Å². The average Bonchev–Trinajstić information content (AvgIpc) is 3.18. The predicted molar refractivity (Wildman–Crippen MR) is 122 cm³/mol. The van der Waals surface area contributed by atoms with Crippen molar-refractivity contribution >= 4 is 29.5 Å². The summed E-state index contributed by atoms with van der Waals surface area (Å²) in [6.07, 6.45) is 7.66. The first-order valence-electron chi connectivity index (χ1n) is 11.9. The summed E-state index contributed by atoms with van der Waals surface area (Å²) in [6.45, 7) is 3.62. The van der Waals surface area contributed by atoms with Crippen LogP contribution >= 0.6 is 11.8 Å². The minimum Gasteiger partial charge on any atom is -0.481 e. The molecule has 6 rings (SSSR count). The van der Waals surface area contributed by atoms with Gasteiger partial charge in [-0.2, -0.15) is 0 Å². The van der Waals surface area contributed by atoms with E-state index in [0.717, 1.165) is 47.9 Å². The molecule has 1 aliphatic heterocycles. The first-order chi connectivity index (χ1) is 15.0. The largest absolute Gasteiger partial charge is 0.481 e. The molecule has 1 aromatic heterocycles. The molecule has 7 heteroatoms. The number of pyridine rings is 1. The predicted octanol–water partition coefficient (Wildman–Crippen LogP) is 4.05. The van der Waals surface area contributed by atoms with E-state index in [1.165, 1.54) is 32.1 Å². The fourth-order valence-corrected chi connectivity index (χ4v) is 7.62. The zero-order valence-electron chi connectivity index (χ0n) is 18.3. The maximum absolute atomic E-state index is 13.3. The van der Waals surface area contributed by atoms with Crippen molar-refractivity contribution in [1.29, 1.82) is 0 Å². The molecule has 31 heavy (non-hydrogen) atoms. The number of anilines is 1. The molecule has 1 aromatic rings. The Morgan fingerprint density at radius 1 is 1.16 bits per heavy atom. The topological polar surface area (TPSA) is 82.5 Å². The molecule has 5 fully saturated rings. The van der Waals surface area contributed by atoms with Gasteiger partial charge in [-0.1, -0.05) is 6.92 Å². The van der Waals surface area contributed by atoms with E-state index >= 15 is 0 Å². The van der Waals surface area contributed by atoms with Gasteiger partial charge in [-0.05, 0) is 86.0 Å². The van der Waals surface area contributed by atoms with Crippen LogP contribution in [0.3, 0.4) is 0 Å². The first-order valence-corrected chi connectivity index (χ1v) is 12.9. The lowest BCUT2D eigenvalue weighted by atomic mass is 9.54. The molecule has 1 atom stereocenters. The number of nitrogens with zero attached hydrogens (tertiary/aromatic N) is 2. The molecule has 2 heterocycles. The first kappa shape index (κ1) is 21.1. The van der Waals surface area contributed by atoms with Gasteiger partial charge < -0.3 is 15.3 Å². The molecular weight excluding hydrogens is 410 g/mol. The second-order valence-electron chi connectivity index (χ2n) is 10.1. The number of carboxylic acid groups (broad SMARTS) is 1. The minimum atomic E-state index is -0.737. The normalized spacial score (nSPS) is 33.6. The Kier molecular flexibility index (Phi) is 5.88. The summed E-state index contributed by atoms with van der Waals surface area (Å²) in [5.74, 6) is 4.28. The van der Waals surface area contributed by atoms with Crippen molar-refractivity contribution in [2.24, 2.45) is 29.6 Å². The molecule has 5 aliphatic rings. The Labute approximate surface area is 188 Å². The number of rotatable bonds is 7. The zero-order valence-corrected chi connectivity index (χ0v) is 19.1. The van der Waals surface area contributed by atoms with Crippen molar-refractivity contribution in [2.45, 2.75) is 62.9 Å². The van der Waals surface area contributed by atoms with Crippen molar-refractivity contribution < 1.29 is 14.7 Å². The molecule has 0 aromatic carbocycles. The molecule has 4 aliphatic carbocycles. The van der Waals surface area contributed by atoms with Gasteiger partial charge in [-0.25, -0.2) is 4.98 Å². The van der Waals surface area contributed by atoms with Crippen molar-refractivity contribution in [3.63, 3.8) is 0 Å². The van der Waals surface area contributed by atoms with E-state index < -0.39 is 5.97 Å². The van der Waals surface area contributed by atoms with Crippen LogP contribution in [0.4, 0.5) is 5.82 Å². The summed E-state index contributed by atoms with van der Waals surface area (Å²) in [7, 11) is 0. The molecule has 4 bridgehead atoms. The van der Waals surface area contributed by atoms with Crippen molar-refractivity contribution in [3.8, 4) is 0 Å². The number of amides is 1. The summed E-state index contributed by atoms with van der Waals surface area (Å²) in [4.78, 5) is 31.3. The number of hydrogen-bond acceptors (Lipinski definition) is 5. The van der Waals surface area contributed by atoms with Gasteiger partial charge in [0, 0.05) is 25.6 Å². The Morgan fingerprint density at radius 2 is 1.87 bits per heavy atom. The molecule has 0 spiro atoms. The molecule has 1 saturated heterocycles. The Balaban J connectivity index is 1.30. The number of aliphatic carboxylic acids is 1. The average molecular weight is 444 g/mol. The third-order valence-corrected chi connectivity index (χ3v) is 8.84. The van der Waals surface area contributed by atoms with Gasteiger partial charge in [0.05, 0.1) is 5.56 Å². The standard InChI is InChI=1S/C24H33N3O3S/c1-2-31-24-19(3-4-20(25-24)27-6-5-14(13-27)12-21(28)29)23(30)26-22-17-8-15-7-16(10-17)11-18(22)9-15/h3-4,14-18,22H,2,5-13H2,1H3,(H,26,30)(H,28,29). The van der Waals surface area contributed by atoms with Gasteiger partial charge in [0.1, 0.15) is 10.8 Å². The van der Waals surface area contributed by atoms with Gasteiger partial charge in [0.2, 0.25) is 0 Å². The summed E-state index contributed by atoms with van der Waals surface area (Å²) in [6, 6.07) is 4.19. The van der Waals surface area contributed by atoms with Crippen LogP contribution in [0, 0.1) is 29.6 Å². The number of hydrogen-bond donors (Lipinski definition) is 2. The molecule has 4 saturated carbocycles. The fourth-order valence-electron chi connectivity index (χ4n) is 6.87. The van der Waals surface area contributed by atoms with Crippen molar-refractivity contribution in [1.82, 2.24) is 10.3 Å². The van der Waals surface area contributed by atoms with Crippen LogP contribution in [-0.2, 0) is 4.79 Å². The van der Waals surface area contributed by atoms with Crippen LogP contribution in [0.5, 0.6) is 0 Å². The molecule has 0 radical (unpaired) electrons. The summed E-state index contributed by atoms with van der Waals surface area (Å²) in [5.41, 5.74) is 0.686. The monoisotopic (exact) mass is 443 g/mol. The summed E-state index contributed by atoms with van der Waals surface area (Å²) >= 11 is 1.61. The van der Waals surface area contributed by atoms with E-state index in [1.807, 2.05) is 12.1 Å². The van der Waals surface area contributed by atoms with Crippen LogP contribution in [0.25, 0.3) is 0 Å². The number of carbonyl (C=O) groups excluding carboxylic acids is 1. The number of nitrogens with one attached hydrogen (secondary N) is 1. The molecule has 1 amide bonds. The van der Waals surface area contributed by atoms with Gasteiger partial charge >= 0.3 is 5.97 Å². The highest BCUT2D eigenvalue weighted by Crippen LogP contribution is 2.53. The molecule has 168 valence electrons. The SMILES string of the molecule is CCSc1nc(N2CCC(CC(=O)O)C2)ccc1C(=O)NC1C2CC3CC(C2)CC1C3. The highest BCUT2D eigenvalue weighted by atomic mass is 32.2. The van der Waals surface area contributed by atoms with Crippen LogP contribution < -0.4 is 10.2 Å². The number of carboxylic acids is 1. The molecule has 1 unspecified atom stereocenters. The lowest BCUT2D eigenvalue weighted by molar-refractivity contribution is -0.137.